The molecule has 19 heavy (non-hydrogen) atoms. The Morgan fingerprint density at radius 3 is 2.58 bits per heavy atom. The lowest BCUT2D eigenvalue weighted by molar-refractivity contribution is 0.0995. The zero-order chi connectivity index (χ0) is 14.2. The first kappa shape index (κ1) is 13.5. The van der Waals surface area contributed by atoms with Gasteiger partial charge in [-0.05, 0) is 6.07 Å². The Hall–Kier alpha value is -1.95. The van der Waals surface area contributed by atoms with E-state index >= 15 is 0 Å². The van der Waals surface area contributed by atoms with Gasteiger partial charge in [-0.2, -0.15) is 5.10 Å². The van der Waals surface area contributed by atoms with Gasteiger partial charge in [0.1, 0.15) is 16.7 Å². The zero-order valence-electron chi connectivity index (χ0n) is 10.9. The lowest BCUT2D eigenvalue weighted by atomic mass is 9.96. The molecule has 7 heteroatoms. The minimum Gasteiger partial charge on any atom is -0.364 e. The molecule has 2 rings (SSSR count). The molecule has 0 fully saturated rings. The fourth-order valence-electron chi connectivity index (χ4n) is 1.44. The highest BCUT2D eigenvalue weighted by Gasteiger charge is 2.19. The van der Waals surface area contributed by atoms with Crippen molar-refractivity contribution in [1.29, 1.82) is 0 Å². The number of amides is 1. The van der Waals surface area contributed by atoms with Crippen LogP contribution in [0.2, 0.25) is 5.15 Å². The molecule has 0 atom stereocenters. The van der Waals surface area contributed by atoms with Crippen molar-refractivity contribution in [2.24, 2.45) is 5.73 Å². The smallest absolute Gasteiger partial charge is 0.269 e. The number of nitrogens with two attached hydrogens (primary N) is 1. The van der Waals surface area contributed by atoms with Crippen LogP contribution in [0.25, 0.3) is 5.82 Å². The van der Waals surface area contributed by atoms with Crippen molar-refractivity contribution in [3.05, 3.63) is 35.0 Å². The molecule has 0 saturated heterocycles. The predicted molar refractivity (Wildman–Crippen MR) is 71.4 cm³/mol. The number of rotatable bonds is 2. The Balaban J connectivity index is 2.50. The summed E-state index contributed by atoms with van der Waals surface area (Å²) in [6.45, 7) is 5.96. The highest BCUT2D eigenvalue weighted by atomic mass is 35.5. The maximum atomic E-state index is 11.0. The van der Waals surface area contributed by atoms with Gasteiger partial charge in [0.15, 0.2) is 5.82 Å². The van der Waals surface area contributed by atoms with Crippen LogP contribution in [-0.4, -0.2) is 25.7 Å². The Morgan fingerprint density at radius 1 is 1.37 bits per heavy atom. The van der Waals surface area contributed by atoms with Crippen LogP contribution in [0.1, 0.15) is 37.1 Å². The number of halogens is 1. The van der Waals surface area contributed by atoms with Crippen LogP contribution in [0.4, 0.5) is 0 Å². The van der Waals surface area contributed by atoms with Crippen LogP contribution in [0, 0.1) is 0 Å². The number of hydrogen-bond acceptors (Lipinski definition) is 4. The summed E-state index contributed by atoms with van der Waals surface area (Å²) in [6, 6.07) is 3.10. The van der Waals surface area contributed by atoms with E-state index in [1.165, 1.54) is 10.7 Å². The van der Waals surface area contributed by atoms with E-state index in [1.54, 1.807) is 12.3 Å². The molecule has 0 aliphatic rings. The minimum absolute atomic E-state index is 0.173. The summed E-state index contributed by atoms with van der Waals surface area (Å²) in [5.41, 5.74) is 5.10. The molecule has 2 N–H and O–H groups in total. The molecule has 0 spiro atoms. The van der Waals surface area contributed by atoms with E-state index in [0.717, 1.165) is 0 Å². The molecule has 0 aromatic carbocycles. The predicted octanol–water partition coefficient (Wildman–Crippen LogP) is 1.71. The van der Waals surface area contributed by atoms with Gasteiger partial charge in [-0.1, -0.05) is 32.4 Å². The van der Waals surface area contributed by atoms with Crippen LogP contribution >= 0.6 is 11.6 Å². The first-order chi connectivity index (χ1) is 8.77. The molecule has 0 aliphatic carbocycles. The van der Waals surface area contributed by atoms with E-state index in [4.69, 9.17) is 17.3 Å². The molecular formula is C12H14ClN5O. The third-order valence-corrected chi connectivity index (χ3v) is 2.62. The average molecular weight is 280 g/mol. The maximum Gasteiger partial charge on any atom is 0.269 e. The summed E-state index contributed by atoms with van der Waals surface area (Å²) in [7, 11) is 0. The van der Waals surface area contributed by atoms with Crippen molar-refractivity contribution < 1.29 is 4.79 Å². The third kappa shape index (κ3) is 2.90. The minimum atomic E-state index is -0.588. The summed E-state index contributed by atoms with van der Waals surface area (Å²) in [5.74, 6) is 0.512. The highest BCUT2D eigenvalue weighted by Crippen LogP contribution is 2.21. The Bertz CT molecular complexity index is 629. The normalized spacial score (nSPS) is 11.6. The number of nitrogens with zero attached hydrogens (tertiary/aromatic N) is 4. The van der Waals surface area contributed by atoms with Gasteiger partial charge in [0.05, 0.1) is 0 Å². The molecule has 2 aromatic rings. The zero-order valence-corrected chi connectivity index (χ0v) is 11.6. The summed E-state index contributed by atoms with van der Waals surface area (Å²) < 4.78 is 1.45. The SMILES string of the molecule is CC(C)(C)c1nc(Cl)cc(-n2ccc(C(N)=O)n2)n1. The second kappa shape index (κ2) is 4.62. The molecule has 2 heterocycles. The molecule has 6 nitrogen and oxygen atoms in total. The summed E-state index contributed by atoms with van der Waals surface area (Å²) in [4.78, 5) is 19.6. The molecule has 1 amide bonds. The van der Waals surface area contributed by atoms with Crippen LogP contribution in [0.15, 0.2) is 18.3 Å². The fourth-order valence-corrected chi connectivity index (χ4v) is 1.62. The molecule has 0 aliphatic heterocycles. The number of hydrogen-bond donors (Lipinski definition) is 1. The molecular weight excluding hydrogens is 266 g/mol. The van der Waals surface area contributed by atoms with E-state index in [2.05, 4.69) is 15.1 Å². The number of carbonyl (C=O) groups is 1. The molecule has 0 unspecified atom stereocenters. The topological polar surface area (TPSA) is 86.7 Å². The van der Waals surface area contributed by atoms with E-state index in [0.29, 0.717) is 16.8 Å². The van der Waals surface area contributed by atoms with Gasteiger partial charge in [-0.15, -0.1) is 0 Å². The molecule has 2 aromatic heterocycles. The van der Waals surface area contributed by atoms with Gasteiger partial charge in [0.2, 0.25) is 0 Å². The standard InChI is InChI=1S/C12H14ClN5O/c1-12(2,3)11-15-8(13)6-9(16-11)18-5-4-7(17-18)10(14)19/h4-6H,1-3H3,(H2,14,19). The molecule has 0 saturated carbocycles. The first-order valence-corrected chi connectivity index (χ1v) is 6.06. The van der Waals surface area contributed by atoms with E-state index in [-0.39, 0.29) is 11.1 Å². The second-order valence-electron chi connectivity index (χ2n) is 5.13. The summed E-state index contributed by atoms with van der Waals surface area (Å²) in [5, 5.41) is 4.36. The lowest BCUT2D eigenvalue weighted by Gasteiger charge is -2.17. The number of primary amides is 1. The van der Waals surface area contributed by atoms with Crippen LogP contribution < -0.4 is 5.73 Å². The maximum absolute atomic E-state index is 11.0. The van der Waals surface area contributed by atoms with Crippen LogP contribution in [-0.2, 0) is 5.41 Å². The molecule has 0 radical (unpaired) electrons. The van der Waals surface area contributed by atoms with Crippen molar-refractivity contribution in [2.45, 2.75) is 26.2 Å². The van der Waals surface area contributed by atoms with Gasteiger partial charge < -0.3 is 5.73 Å². The largest absolute Gasteiger partial charge is 0.364 e. The Kier molecular flexibility index (Phi) is 3.28. The summed E-state index contributed by atoms with van der Waals surface area (Å²) >= 11 is 5.99. The van der Waals surface area contributed by atoms with Crippen LogP contribution in [0.5, 0.6) is 0 Å². The monoisotopic (exact) mass is 279 g/mol. The van der Waals surface area contributed by atoms with Crippen LogP contribution in [0.3, 0.4) is 0 Å². The first-order valence-electron chi connectivity index (χ1n) is 5.68. The van der Waals surface area contributed by atoms with Gasteiger partial charge >= 0.3 is 0 Å². The van der Waals surface area contributed by atoms with Crippen molar-refractivity contribution in [2.75, 3.05) is 0 Å². The lowest BCUT2D eigenvalue weighted by Crippen LogP contribution is -2.18. The van der Waals surface area contributed by atoms with Gasteiger partial charge in [-0.25, -0.2) is 14.6 Å². The number of carbonyl (C=O) groups excluding carboxylic acids is 1. The van der Waals surface area contributed by atoms with Gasteiger partial charge in [0, 0.05) is 17.7 Å². The second-order valence-corrected chi connectivity index (χ2v) is 5.52. The van der Waals surface area contributed by atoms with Crippen molar-refractivity contribution >= 4 is 17.5 Å². The number of aromatic nitrogens is 4. The highest BCUT2D eigenvalue weighted by molar-refractivity contribution is 6.29. The van der Waals surface area contributed by atoms with Crippen molar-refractivity contribution in [3.8, 4) is 5.82 Å². The van der Waals surface area contributed by atoms with E-state index in [1.807, 2.05) is 20.8 Å². The van der Waals surface area contributed by atoms with E-state index < -0.39 is 5.91 Å². The van der Waals surface area contributed by atoms with E-state index in [9.17, 15) is 4.79 Å². The van der Waals surface area contributed by atoms with Gasteiger partial charge in [-0.3, -0.25) is 4.79 Å². The van der Waals surface area contributed by atoms with Crippen molar-refractivity contribution in [3.63, 3.8) is 0 Å². The summed E-state index contributed by atoms with van der Waals surface area (Å²) in [6.07, 6.45) is 1.60. The average Bonchev–Trinajstić information content (AvgIpc) is 2.76. The fraction of sp³-hybridized carbons (Fsp3) is 0.333. The Morgan fingerprint density at radius 2 is 2.05 bits per heavy atom. The third-order valence-electron chi connectivity index (χ3n) is 2.43. The van der Waals surface area contributed by atoms with Gasteiger partial charge in [0.25, 0.3) is 5.91 Å². The molecule has 0 bridgehead atoms. The van der Waals surface area contributed by atoms with Crippen molar-refractivity contribution in [1.82, 2.24) is 19.7 Å². The Labute approximate surface area is 115 Å². The molecule has 100 valence electrons. The quantitative estimate of drug-likeness (QED) is 0.848.